The fourth-order valence-electron chi connectivity index (χ4n) is 3.43. The first kappa shape index (κ1) is 19.2. The largest absolute Gasteiger partial charge is 0.457 e. The van der Waals surface area contributed by atoms with E-state index in [4.69, 9.17) is 18.9 Å². The molecule has 2 aliphatic rings. The number of carbonyl (C=O) groups excluding carboxylic acids is 4. The van der Waals surface area contributed by atoms with Gasteiger partial charge in [0.1, 0.15) is 12.1 Å². The Morgan fingerprint density at radius 3 is 1.96 bits per heavy atom. The Bertz CT molecular complexity index is 562. The van der Waals surface area contributed by atoms with Crippen molar-refractivity contribution in [3.63, 3.8) is 0 Å². The Morgan fingerprint density at radius 1 is 0.960 bits per heavy atom. The van der Waals surface area contributed by atoms with E-state index < -0.39 is 48.4 Å². The Kier molecular flexibility index (Phi) is 5.99. The van der Waals surface area contributed by atoms with Crippen LogP contribution in [0.1, 0.15) is 34.1 Å². The van der Waals surface area contributed by atoms with Crippen LogP contribution in [-0.4, -0.2) is 72.3 Å². The highest BCUT2D eigenvalue weighted by Crippen LogP contribution is 2.35. The Hall–Kier alpha value is -2.16. The van der Waals surface area contributed by atoms with Gasteiger partial charge in [-0.1, -0.05) is 0 Å². The van der Waals surface area contributed by atoms with Gasteiger partial charge in [0, 0.05) is 27.4 Å². The van der Waals surface area contributed by atoms with Crippen molar-refractivity contribution in [3.05, 3.63) is 0 Å². The number of amides is 1. The molecule has 0 N–H and O–H groups in total. The minimum absolute atomic E-state index is 0.0296. The van der Waals surface area contributed by atoms with Gasteiger partial charge >= 0.3 is 17.9 Å². The van der Waals surface area contributed by atoms with E-state index in [1.807, 2.05) is 0 Å². The van der Waals surface area contributed by atoms with Crippen LogP contribution in [0.5, 0.6) is 0 Å². The highest BCUT2D eigenvalue weighted by Gasteiger charge is 2.57. The molecule has 0 bridgehead atoms. The lowest BCUT2D eigenvalue weighted by atomic mass is 9.93. The van der Waals surface area contributed by atoms with Gasteiger partial charge in [0.25, 0.3) is 0 Å². The molecule has 0 aromatic rings. The summed E-state index contributed by atoms with van der Waals surface area (Å²) in [6.45, 7) is 5.87. The minimum atomic E-state index is -0.932. The SMILES string of the molecule is CCOC1CC(=O)N2C[C@@H](OC(C)=O)[C@@H](OC(C)=O)[C@H]2[C@H]1OC(C)=O. The number of ether oxygens (including phenoxy) is 4. The minimum Gasteiger partial charge on any atom is -0.457 e. The van der Waals surface area contributed by atoms with Gasteiger partial charge in [0.05, 0.1) is 13.0 Å². The molecule has 140 valence electrons. The van der Waals surface area contributed by atoms with Gasteiger partial charge in [-0.05, 0) is 6.92 Å². The van der Waals surface area contributed by atoms with Crippen LogP contribution < -0.4 is 0 Å². The van der Waals surface area contributed by atoms with Crippen LogP contribution in [0.15, 0.2) is 0 Å². The number of hydrogen-bond donors (Lipinski definition) is 0. The maximum absolute atomic E-state index is 12.5. The Balaban J connectivity index is 2.37. The molecule has 0 aliphatic carbocycles. The summed E-state index contributed by atoms with van der Waals surface area (Å²) in [7, 11) is 0. The molecule has 2 saturated heterocycles. The van der Waals surface area contributed by atoms with E-state index in [-0.39, 0.29) is 18.9 Å². The molecule has 25 heavy (non-hydrogen) atoms. The predicted molar refractivity (Wildman–Crippen MR) is 82.2 cm³/mol. The zero-order valence-corrected chi connectivity index (χ0v) is 14.7. The van der Waals surface area contributed by atoms with Gasteiger partial charge < -0.3 is 23.8 Å². The van der Waals surface area contributed by atoms with Crippen molar-refractivity contribution < 1.29 is 38.1 Å². The average molecular weight is 357 g/mol. The zero-order chi connectivity index (χ0) is 18.7. The molecule has 0 spiro atoms. The van der Waals surface area contributed by atoms with Crippen LogP contribution in [0.3, 0.4) is 0 Å². The van der Waals surface area contributed by atoms with Crippen LogP contribution in [0, 0.1) is 0 Å². The molecule has 2 heterocycles. The third-order valence-electron chi connectivity index (χ3n) is 4.14. The molecule has 5 atom stereocenters. The third kappa shape index (κ3) is 4.28. The number of rotatable bonds is 5. The van der Waals surface area contributed by atoms with E-state index in [1.54, 1.807) is 6.92 Å². The molecule has 0 aromatic carbocycles. The molecular weight excluding hydrogens is 334 g/mol. The summed E-state index contributed by atoms with van der Waals surface area (Å²) in [5, 5.41) is 0. The normalized spacial score (nSPS) is 31.3. The molecule has 9 nitrogen and oxygen atoms in total. The first-order valence-corrected chi connectivity index (χ1v) is 8.17. The first-order chi connectivity index (χ1) is 11.7. The van der Waals surface area contributed by atoms with E-state index in [0.717, 1.165) is 0 Å². The molecule has 2 fully saturated rings. The van der Waals surface area contributed by atoms with Crippen LogP contribution in [0.2, 0.25) is 0 Å². The van der Waals surface area contributed by atoms with Crippen molar-refractivity contribution in [2.75, 3.05) is 13.2 Å². The van der Waals surface area contributed by atoms with Crippen LogP contribution in [-0.2, 0) is 38.1 Å². The second-order valence-corrected chi connectivity index (χ2v) is 6.03. The fraction of sp³-hybridized carbons (Fsp3) is 0.750. The highest BCUT2D eigenvalue weighted by molar-refractivity contribution is 5.80. The molecule has 9 heteroatoms. The predicted octanol–water partition coefficient (Wildman–Crippen LogP) is -0.199. The summed E-state index contributed by atoms with van der Waals surface area (Å²) in [4.78, 5) is 48.3. The van der Waals surface area contributed by atoms with Gasteiger partial charge in [-0.15, -0.1) is 0 Å². The van der Waals surface area contributed by atoms with Crippen molar-refractivity contribution in [2.45, 2.75) is 64.6 Å². The van der Waals surface area contributed by atoms with E-state index in [1.165, 1.54) is 25.7 Å². The summed E-state index contributed by atoms with van der Waals surface area (Å²) >= 11 is 0. The zero-order valence-electron chi connectivity index (χ0n) is 14.7. The van der Waals surface area contributed by atoms with E-state index in [9.17, 15) is 19.2 Å². The van der Waals surface area contributed by atoms with Gasteiger partial charge in [0.2, 0.25) is 5.91 Å². The van der Waals surface area contributed by atoms with Gasteiger partial charge in [-0.25, -0.2) is 0 Å². The number of nitrogens with zero attached hydrogens (tertiary/aromatic N) is 1. The monoisotopic (exact) mass is 357 g/mol. The quantitative estimate of drug-likeness (QED) is 0.492. The van der Waals surface area contributed by atoms with Crippen molar-refractivity contribution >= 4 is 23.8 Å². The van der Waals surface area contributed by atoms with Crippen molar-refractivity contribution in [2.24, 2.45) is 0 Å². The van der Waals surface area contributed by atoms with Crippen LogP contribution in [0.25, 0.3) is 0 Å². The summed E-state index contributed by atoms with van der Waals surface area (Å²) in [5.41, 5.74) is 0. The Labute approximate surface area is 145 Å². The molecule has 0 radical (unpaired) electrons. The maximum Gasteiger partial charge on any atom is 0.303 e. The maximum atomic E-state index is 12.5. The number of esters is 3. The summed E-state index contributed by atoms with van der Waals surface area (Å²) in [6.07, 6.45) is -3.20. The molecular formula is C16H23NO8. The number of hydrogen-bond acceptors (Lipinski definition) is 8. The number of fused-ring (bicyclic) bond motifs is 1. The standard InChI is InChI=1S/C16H23NO8/c1-5-22-11-6-13(21)17-7-12(23-8(2)18)16(25-10(4)20)14(17)15(11)24-9(3)19/h11-12,14-16H,5-7H2,1-4H3/t11?,12-,14-,15+,16-/m1/s1. The highest BCUT2D eigenvalue weighted by atomic mass is 16.6. The van der Waals surface area contributed by atoms with Crippen LogP contribution >= 0.6 is 0 Å². The van der Waals surface area contributed by atoms with Gasteiger partial charge in [0.15, 0.2) is 18.3 Å². The summed E-state index contributed by atoms with van der Waals surface area (Å²) < 4.78 is 21.5. The molecule has 1 amide bonds. The van der Waals surface area contributed by atoms with Crippen molar-refractivity contribution in [1.29, 1.82) is 0 Å². The van der Waals surface area contributed by atoms with E-state index >= 15 is 0 Å². The summed E-state index contributed by atoms with van der Waals surface area (Å²) in [5.74, 6) is -1.92. The lowest BCUT2D eigenvalue weighted by Gasteiger charge is -2.41. The average Bonchev–Trinajstić information content (AvgIpc) is 2.81. The van der Waals surface area contributed by atoms with Gasteiger partial charge in [-0.2, -0.15) is 0 Å². The molecule has 1 unspecified atom stereocenters. The van der Waals surface area contributed by atoms with Crippen molar-refractivity contribution in [3.8, 4) is 0 Å². The van der Waals surface area contributed by atoms with Gasteiger partial charge in [-0.3, -0.25) is 19.2 Å². The molecule has 2 rings (SSSR count). The third-order valence-corrected chi connectivity index (χ3v) is 4.14. The lowest BCUT2D eigenvalue weighted by molar-refractivity contribution is -0.185. The van der Waals surface area contributed by atoms with E-state index in [0.29, 0.717) is 6.61 Å². The number of carbonyl (C=O) groups is 4. The molecule has 0 aromatic heterocycles. The molecule has 2 aliphatic heterocycles. The van der Waals surface area contributed by atoms with Crippen LogP contribution in [0.4, 0.5) is 0 Å². The second kappa shape index (κ2) is 7.81. The lowest BCUT2D eigenvalue weighted by Crippen LogP contribution is -2.60. The Morgan fingerprint density at radius 2 is 1.48 bits per heavy atom. The topological polar surface area (TPSA) is 108 Å². The molecule has 0 saturated carbocycles. The smallest absolute Gasteiger partial charge is 0.303 e. The summed E-state index contributed by atoms with van der Waals surface area (Å²) in [6, 6.07) is -0.769. The number of piperidine rings is 1. The fourth-order valence-corrected chi connectivity index (χ4v) is 3.43. The van der Waals surface area contributed by atoms with E-state index in [2.05, 4.69) is 0 Å². The van der Waals surface area contributed by atoms with Crippen molar-refractivity contribution in [1.82, 2.24) is 4.90 Å². The second-order valence-electron chi connectivity index (χ2n) is 6.03. The first-order valence-electron chi connectivity index (χ1n) is 8.17.